The van der Waals surface area contributed by atoms with E-state index in [9.17, 15) is 24.4 Å². The third-order valence-electron chi connectivity index (χ3n) is 6.43. The topological polar surface area (TPSA) is 196 Å². The number of β-lactam (4-membered cyclic amide) rings is 1. The molecule has 43 heavy (non-hydrogen) atoms. The fraction of sp³-hybridized carbons (Fsp3) is 0.370. The number of carbonyl (C=O) groups is 4. The fourth-order valence-electron chi connectivity index (χ4n) is 4.24. The number of thioether (sulfide) groups is 1. The summed E-state index contributed by atoms with van der Waals surface area (Å²) in [4.78, 5) is 61.0. The molecule has 0 aliphatic carbocycles. The summed E-state index contributed by atoms with van der Waals surface area (Å²) in [6.07, 6.45) is 5.21. The van der Waals surface area contributed by atoms with E-state index in [0.29, 0.717) is 18.4 Å². The third-order valence-corrected chi connectivity index (χ3v) is 8.40. The molecule has 2 aliphatic rings. The molecule has 3 atom stereocenters. The van der Waals surface area contributed by atoms with Crippen LogP contribution in [0.3, 0.4) is 0 Å². The first-order valence-corrected chi connectivity index (χ1v) is 15.2. The van der Waals surface area contributed by atoms with E-state index in [4.69, 9.17) is 19.9 Å². The summed E-state index contributed by atoms with van der Waals surface area (Å²) in [7, 11) is 0. The molecular formula is C27H30N6O8S2. The summed E-state index contributed by atoms with van der Waals surface area (Å²) in [5, 5.41) is 15.9. The van der Waals surface area contributed by atoms with E-state index >= 15 is 0 Å². The SMILES string of the molecule is CCC(CC)OC(=O)O[C@@H](C)OC(=O)C1=C(/C=C\c2cccnc2)CS[C@@H]2[C@H](NC(=O)/C(=N\O)c3csc(N)n3)C(=O)N12. The second-order valence-corrected chi connectivity index (χ2v) is 11.3. The molecule has 4 rings (SSSR count). The molecule has 0 unspecified atom stereocenters. The molecule has 1 saturated heterocycles. The minimum absolute atomic E-state index is 0.0473. The third kappa shape index (κ3) is 7.32. The molecule has 4 N–H and O–H groups in total. The lowest BCUT2D eigenvalue weighted by Gasteiger charge is -2.49. The molecule has 4 heterocycles. The normalized spacial score (nSPS) is 19.1. The number of fused-ring (bicyclic) bond motifs is 1. The Morgan fingerprint density at radius 3 is 2.65 bits per heavy atom. The molecule has 0 aromatic carbocycles. The van der Waals surface area contributed by atoms with Gasteiger partial charge in [-0.05, 0) is 30.0 Å². The Morgan fingerprint density at radius 2 is 2.02 bits per heavy atom. The molecule has 16 heteroatoms. The number of nitrogens with one attached hydrogen (secondary N) is 1. The maximum Gasteiger partial charge on any atom is 0.511 e. The van der Waals surface area contributed by atoms with Crippen LogP contribution in [0.5, 0.6) is 0 Å². The van der Waals surface area contributed by atoms with Crippen molar-refractivity contribution in [2.75, 3.05) is 11.5 Å². The molecule has 1 fully saturated rings. The number of hydrogen-bond acceptors (Lipinski definition) is 14. The van der Waals surface area contributed by atoms with Gasteiger partial charge in [0.05, 0.1) is 0 Å². The van der Waals surface area contributed by atoms with Crippen LogP contribution in [0.1, 0.15) is 44.9 Å². The van der Waals surface area contributed by atoms with Crippen LogP contribution in [0.2, 0.25) is 0 Å². The van der Waals surface area contributed by atoms with E-state index in [1.54, 1.807) is 30.6 Å². The van der Waals surface area contributed by atoms with Gasteiger partial charge in [0.25, 0.3) is 11.8 Å². The zero-order valence-electron chi connectivity index (χ0n) is 23.5. The van der Waals surface area contributed by atoms with Crippen molar-refractivity contribution in [2.24, 2.45) is 5.16 Å². The molecule has 228 valence electrons. The quantitative estimate of drug-likeness (QED) is 0.0821. The molecule has 2 aliphatic heterocycles. The van der Waals surface area contributed by atoms with Crippen molar-refractivity contribution >= 4 is 64.0 Å². The second-order valence-electron chi connectivity index (χ2n) is 9.27. The number of allylic oxidation sites excluding steroid dienone is 1. The number of aromatic nitrogens is 2. The van der Waals surface area contributed by atoms with E-state index < -0.39 is 47.4 Å². The molecular weight excluding hydrogens is 600 g/mol. The molecule has 2 amide bonds. The number of nitrogen functional groups attached to an aromatic ring is 1. The molecule has 14 nitrogen and oxygen atoms in total. The summed E-state index contributed by atoms with van der Waals surface area (Å²) in [5.41, 5.74) is 6.41. The van der Waals surface area contributed by atoms with Gasteiger partial charge >= 0.3 is 12.1 Å². The summed E-state index contributed by atoms with van der Waals surface area (Å²) in [6.45, 7) is 5.08. The number of nitrogens with two attached hydrogens (primary N) is 1. The van der Waals surface area contributed by atoms with Gasteiger partial charge in [-0.3, -0.25) is 19.5 Å². The highest BCUT2D eigenvalue weighted by Gasteiger charge is 2.54. The average Bonchev–Trinajstić information content (AvgIpc) is 3.43. The number of anilines is 1. The summed E-state index contributed by atoms with van der Waals surface area (Å²) in [5.74, 6) is -2.08. The number of hydrogen-bond donors (Lipinski definition) is 3. The van der Waals surface area contributed by atoms with E-state index in [1.807, 2.05) is 19.9 Å². The Balaban J connectivity index is 1.53. The summed E-state index contributed by atoms with van der Waals surface area (Å²) in [6, 6.07) is 2.53. The van der Waals surface area contributed by atoms with Crippen molar-refractivity contribution in [3.8, 4) is 0 Å². The maximum absolute atomic E-state index is 13.4. The average molecular weight is 631 g/mol. The van der Waals surface area contributed by atoms with Gasteiger partial charge in [-0.1, -0.05) is 37.2 Å². The number of carbonyl (C=O) groups excluding carboxylic acids is 4. The van der Waals surface area contributed by atoms with Crippen molar-refractivity contribution in [3.05, 3.63) is 58.5 Å². The largest absolute Gasteiger partial charge is 0.511 e. The smallest absolute Gasteiger partial charge is 0.431 e. The van der Waals surface area contributed by atoms with Gasteiger partial charge in [-0.25, -0.2) is 14.6 Å². The maximum atomic E-state index is 13.4. The van der Waals surface area contributed by atoms with Gasteiger partial charge in [0.15, 0.2) is 10.8 Å². The first kappa shape index (κ1) is 31.5. The Hall–Kier alpha value is -4.44. The number of amides is 2. The molecule has 2 aromatic rings. The van der Waals surface area contributed by atoms with Crippen molar-refractivity contribution in [2.45, 2.75) is 57.4 Å². The zero-order chi connectivity index (χ0) is 31.1. The highest BCUT2D eigenvalue weighted by molar-refractivity contribution is 8.00. The summed E-state index contributed by atoms with van der Waals surface area (Å²) >= 11 is 2.36. The van der Waals surface area contributed by atoms with E-state index in [1.165, 1.54) is 29.0 Å². The lowest BCUT2D eigenvalue weighted by Crippen LogP contribution is -2.71. The predicted octanol–water partition coefficient (Wildman–Crippen LogP) is 2.90. The van der Waals surface area contributed by atoms with Crippen LogP contribution >= 0.6 is 23.1 Å². The van der Waals surface area contributed by atoms with Gasteiger partial charge in [0.1, 0.15) is 28.9 Å². The number of pyridine rings is 1. The molecule has 0 bridgehead atoms. The number of esters is 1. The molecule has 2 aromatic heterocycles. The minimum atomic E-state index is -1.32. The van der Waals surface area contributed by atoms with E-state index in [-0.39, 0.29) is 28.4 Å². The number of thiazole rings is 1. The van der Waals surface area contributed by atoms with Gasteiger partial charge in [0, 0.05) is 30.5 Å². The van der Waals surface area contributed by atoms with Crippen LogP contribution in [-0.2, 0) is 28.6 Å². The van der Waals surface area contributed by atoms with E-state index in [2.05, 4.69) is 20.4 Å². The van der Waals surface area contributed by atoms with E-state index in [0.717, 1.165) is 16.9 Å². The molecule has 0 radical (unpaired) electrons. The highest BCUT2D eigenvalue weighted by Crippen LogP contribution is 2.41. The lowest BCUT2D eigenvalue weighted by molar-refractivity contribution is -0.169. The monoisotopic (exact) mass is 630 g/mol. The van der Waals surface area contributed by atoms with Gasteiger partial charge in [-0.15, -0.1) is 23.1 Å². The number of oxime groups is 1. The second kappa shape index (κ2) is 14.2. The van der Waals surface area contributed by atoms with Gasteiger partial charge < -0.3 is 30.5 Å². The van der Waals surface area contributed by atoms with Gasteiger partial charge in [0.2, 0.25) is 6.29 Å². The van der Waals surface area contributed by atoms with Crippen molar-refractivity contribution in [3.63, 3.8) is 0 Å². The Kier molecular flexibility index (Phi) is 10.4. The van der Waals surface area contributed by atoms with Crippen molar-refractivity contribution in [1.29, 1.82) is 0 Å². The Labute approximate surface area is 255 Å². The van der Waals surface area contributed by atoms with Crippen molar-refractivity contribution < 1.29 is 38.6 Å². The highest BCUT2D eigenvalue weighted by atomic mass is 32.2. The van der Waals surface area contributed by atoms with Crippen LogP contribution in [0.25, 0.3) is 6.08 Å². The standard InChI is InChI=1S/C27H30N6O8S2/c1-4-17(5-2)41-27(37)40-14(3)39-25(36)21-16(9-8-15-7-6-10-29-11-15)12-42-24-20(23(35)33(21)24)31-22(34)19(32-38)18-13-43-26(28)30-18/h6-11,13-14,17,20,24,38H,4-5,12H2,1-3H3,(H2,28,30)(H,31,34)/b9-8-,32-19-/t14-,20+,24+/m0/s1. The number of nitrogens with zero attached hydrogens (tertiary/aromatic N) is 4. The predicted molar refractivity (Wildman–Crippen MR) is 158 cm³/mol. The fourth-order valence-corrected chi connectivity index (χ4v) is 6.10. The van der Waals surface area contributed by atoms with Gasteiger partial charge in [-0.2, -0.15) is 0 Å². The van der Waals surface area contributed by atoms with Crippen LogP contribution in [0, 0.1) is 0 Å². The molecule has 0 saturated carbocycles. The van der Waals surface area contributed by atoms with Crippen LogP contribution in [0.15, 0.2) is 52.4 Å². The Bertz CT molecular complexity index is 1460. The lowest BCUT2D eigenvalue weighted by atomic mass is 10.0. The number of ether oxygens (including phenoxy) is 3. The van der Waals surface area contributed by atoms with Crippen LogP contribution in [0.4, 0.5) is 9.93 Å². The summed E-state index contributed by atoms with van der Waals surface area (Å²) < 4.78 is 15.7. The Morgan fingerprint density at radius 1 is 1.26 bits per heavy atom. The van der Waals surface area contributed by atoms with Crippen LogP contribution < -0.4 is 11.1 Å². The van der Waals surface area contributed by atoms with Crippen LogP contribution in [-0.4, -0.2) is 79.3 Å². The minimum Gasteiger partial charge on any atom is -0.431 e. The number of rotatable bonds is 11. The first-order chi connectivity index (χ1) is 20.7. The zero-order valence-corrected chi connectivity index (χ0v) is 25.1. The first-order valence-electron chi connectivity index (χ1n) is 13.2. The molecule has 0 spiro atoms. The van der Waals surface area contributed by atoms with Crippen molar-refractivity contribution in [1.82, 2.24) is 20.2 Å².